The lowest BCUT2D eigenvalue weighted by Crippen LogP contribution is -2.37. The maximum Gasteiger partial charge on any atom is 0.192 e. The molecule has 0 amide bonds. The number of nitrogens with zero attached hydrogens (tertiary/aromatic N) is 1. The first kappa shape index (κ1) is 14.8. The van der Waals surface area contributed by atoms with E-state index in [0.29, 0.717) is 19.0 Å². The van der Waals surface area contributed by atoms with E-state index in [9.17, 15) is 0 Å². The van der Waals surface area contributed by atoms with E-state index < -0.39 is 0 Å². The van der Waals surface area contributed by atoms with E-state index in [-0.39, 0.29) is 24.0 Å². The molecule has 1 aromatic rings. The van der Waals surface area contributed by atoms with E-state index in [0.717, 1.165) is 12.3 Å². The average molecular weight is 333 g/mol. The molecule has 1 heterocycles. The Kier molecular flexibility index (Phi) is 8.43. The molecule has 0 fully saturated rings. The van der Waals surface area contributed by atoms with Crippen LogP contribution in [0, 0.1) is 12.3 Å². The summed E-state index contributed by atoms with van der Waals surface area (Å²) in [4.78, 5) is 4.30. The van der Waals surface area contributed by atoms with Crippen LogP contribution in [-0.2, 0) is 6.54 Å². The third-order valence-electron chi connectivity index (χ3n) is 1.68. The number of guanidine groups is 1. The van der Waals surface area contributed by atoms with Gasteiger partial charge in [0.05, 0.1) is 12.8 Å². The lowest BCUT2D eigenvalue weighted by molar-refractivity contribution is 0.512. The fourth-order valence-electron chi connectivity index (χ4n) is 1.04. The summed E-state index contributed by atoms with van der Waals surface area (Å²) < 4.78 is 5.16. The highest BCUT2D eigenvalue weighted by Crippen LogP contribution is 2.00. The van der Waals surface area contributed by atoms with Gasteiger partial charge in [0.2, 0.25) is 0 Å². The van der Waals surface area contributed by atoms with Crippen molar-refractivity contribution in [2.24, 2.45) is 4.99 Å². The molecule has 88 valence electrons. The van der Waals surface area contributed by atoms with Crippen LogP contribution in [0.15, 0.2) is 27.8 Å². The predicted octanol–water partition coefficient (Wildman–Crippen LogP) is 1.59. The average Bonchev–Trinajstić information content (AvgIpc) is 2.75. The van der Waals surface area contributed by atoms with Crippen molar-refractivity contribution >= 4 is 29.9 Å². The molecule has 4 nitrogen and oxygen atoms in total. The number of hydrogen-bond acceptors (Lipinski definition) is 2. The van der Waals surface area contributed by atoms with E-state index in [1.807, 2.05) is 19.1 Å². The second-order valence-corrected chi connectivity index (χ2v) is 2.83. The number of halogens is 1. The van der Waals surface area contributed by atoms with Crippen molar-refractivity contribution in [1.82, 2.24) is 10.6 Å². The quantitative estimate of drug-likeness (QED) is 0.381. The van der Waals surface area contributed by atoms with Gasteiger partial charge in [0.25, 0.3) is 0 Å². The number of rotatable bonds is 4. The molecule has 0 saturated heterocycles. The zero-order chi connectivity index (χ0) is 10.9. The minimum absolute atomic E-state index is 0. The van der Waals surface area contributed by atoms with Crippen molar-refractivity contribution in [3.63, 3.8) is 0 Å². The van der Waals surface area contributed by atoms with Crippen LogP contribution in [-0.4, -0.2) is 19.0 Å². The Balaban J connectivity index is 0.00000225. The van der Waals surface area contributed by atoms with Gasteiger partial charge in [-0.2, -0.15) is 0 Å². The van der Waals surface area contributed by atoms with E-state index in [2.05, 4.69) is 21.5 Å². The molecule has 1 rings (SSSR count). The summed E-state index contributed by atoms with van der Waals surface area (Å²) in [6.45, 7) is 3.77. The van der Waals surface area contributed by atoms with Crippen LogP contribution >= 0.6 is 24.0 Å². The van der Waals surface area contributed by atoms with Crippen molar-refractivity contribution in [3.05, 3.63) is 24.2 Å². The zero-order valence-electron chi connectivity index (χ0n) is 9.19. The van der Waals surface area contributed by atoms with Crippen LogP contribution in [0.2, 0.25) is 0 Å². The van der Waals surface area contributed by atoms with Gasteiger partial charge in [0, 0.05) is 6.54 Å². The molecular weight excluding hydrogens is 317 g/mol. The molecule has 1 aromatic heterocycles. The number of aliphatic imine (C=N–C) groups is 1. The molecule has 0 spiro atoms. The molecular formula is C11H16IN3O. The number of furan rings is 1. The lowest BCUT2D eigenvalue weighted by Gasteiger charge is -2.07. The smallest absolute Gasteiger partial charge is 0.192 e. The van der Waals surface area contributed by atoms with Crippen molar-refractivity contribution in [3.8, 4) is 12.3 Å². The maximum absolute atomic E-state index is 5.16. The Morgan fingerprint density at radius 1 is 1.56 bits per heavy atom. The molecule has 0 aliphatic carbocycles. The van der Waals surface area contributed by atoms with Crippen molar-refractivity contribution in [2.75, 3.05) is 13.1 Å². The first-order chi connectivity index (χ1) is 7.36. The molecule has 0 aromatic carbocycles. The number of terminal acetylenes is 1. The van der Waals surface area contributed by atoms with Crippen LogP contribution in [0.25, 0.3) is 0 Å². The van der Waals surface area contributed by atoms with E-state index in [4.69, 9.17) is 10.8 Å². The van der Waals surface area contributed by atoms with Crippen molar-refractivity contribution < 1.29 is 4.42 Å². The van der Waals surface area contributed by atoms with Crippen molar-refractivity contribution in [1.29, 1.82) is 0 Å². The van der Waals surface area contributed by atoms with Gasteiger partial charge < -0.3 is 15.1 Å². The first-order valence-corrected chi connectivity index (χ1v) is 4.84. The summed E-state index contributed by atoms with van der Waals surface area (Å²) in [5, 5.41) is 6.08. The van der Waals surface area contributed by atoms with Crippen molar-refractivity contribution in [2.45, 2.75) is 13.5 Å². The maximum atomic E-state index is 5.16. The standard InChI is InChI=1S/C11H15N3O.HI/c1-3-7-13-11(12-4-2)14-9-10-6-5-8-15-10;/h1,5-6,8H,4,7,9H2,2H3,(H2,12,13,14);1H. The highest BCUT2D eigenvalue weighted by Gasteiger charge is 1.96. The van der Waals surface area contributed by atoms with Gasteiger partial charge in [0.15, 0.2) is 5.96 Å². The predicted molar refractivity (Wildman–Crippen MR) is 75.8 cm³/mol. The highest BCUT2D eigenvalue weighted by atomic mass is 127. The third-order valence-corrected chi connectivity index (χ3v) is 1.68. The fraction of sp³-hybridized carbons (Fsp3) is 0.364. The van der Waals surface area contributed by atoms with Crippen LogP contribution in [0.3, 0.4) is 0 Å². The summed E-state index contributed by atoms with van der Waals surface area (Å²) >= 11 is 0. The Bertz CT molecular complexity index is 341. The van der Waals surface area contributed by atoms with E-state index >= 15 is 0 Å². The zero-order valence-corrected chi connectivity index (χ0v) is 11.5. The normalized spacial score (nSPS) is 10.1. The van der Waals surface area contributed by atoms with E-state index in [1.54, 1.807) is 6.26 Å². The van der Waals surface area contributed by atoms with Gasteiger partial charge in [-0.25, -0.2) is 4.99 Å². The molecule has 16 heavy (non-hydrogen) atoms. The Labute approximate surface area is 113 Å². The molecule has 0 atom stereocenters. The second kappa shape index (κ2) is 9.09. The topological polar surface area (TPSA) is 49.6 Å². The van der Waals surface area contributed by atoms with Gasteiger partial charge in [-0.15, -0.1) is 30.4 Å². The number of hydrogen-bond donors (Lipinski definition) is 2. The highest BCUT2D eigenvalue weighted by molar-refractivity contribution is 14.0. The SMILES string of the molecule is C#CCNC(=NCc1ccco1)NCC.I. The molecule has 2 N–H and O–H groups in total. The lowest BCUT2D eigenvalue weighted by atomic mass is 10.4. The monoisotopic (exact) mass is 333 g/mol. The van der Waals surface area contributed by atoms with Crippen LogP contribution in [0.1, 0.15) is 12.7 Å². The Morgan fingerprint density at radius 3 is 2.94 bits per heavy atom. The molecule has 0 radical (unpaired) electrons. The molecule has 0 bridgehead atoms. The second-order valence-electron chi connectivity index (χ2n) is 2.83. The molecule has 0 unspecified atom stereocenters. The molecule has 5 heteroatoms. The number of nitrogens with one attached hydrogen (secondary N) is 2. The largest absolute Gasteiger partial charge is 0.467 e. The Morgan fingerprint density at radius 2 is 2.38 bits per heavy atom. The summed E-state index contributed by atoms with van der Waals surface area (Å²) in [7, 11) is 0. The minimum Gasteiger partial charge on any atom is -0.467 e. The van der Waals surface area contributed by atoms with Crippen LogP contribution in [0.4, 0.5) is 0 Å². The summed E-state index contributed by atoms with van der Waals surface area (Å²) in [6.07, 6.45) is 6.78. The van der Waals surface area contributed by atoms with Gasteiger partial charge >= 0.3 is 0 Å². The molecule has 0 saturated carbocycles. The molecule has 0 aliphatic heterocycles. The Hall–Kier alpha value is -1.16. The summed E-state index contributed by atoms with van der Waals surface area (Å²) in [5.41, 5.74) is 0. The van der Waals surface area contributed by atoms with Gasteiger partial charge in [-0.05, 0) is 19.1 Å². The molecule has 0 aliphatic rings. The van der Waals surface area contributed by atoms with Crippen LogP contribution in [0.5, 0.6) is 0 Å². The fourth-order valence-corrected chi connectivity index (χ4v) is 1.04. The minimum atomic E-state index is 0. The van der Waals surface area contributed by atoms with Crippen LogP contribution < -0.4 is 10.6 Å². The van der Waals surface area contributed by atoms with Gasteiger partial charge in [-0.3, -0.25) is 0 Å². The first-order valence-electron chi connectivity index (χ1n) is 4.84. The summed E-state index contributed by atoms with van der Waals surface area (Å²) in [6, 6.07) is 3.72. The van der Waals surface area contributed by atoms with Gasteiger partial charge in [0.1, 0.15) is 12.3 Å². The van der Waals surface area contributed by atoms with E-state index in [1.165, 1.54) is 0 Å². The summed E-state index contributed by atoms with van der Waals surface area (Å²) in [5.74, 6) is 4.02. The third kappa shape index (κ3) is 5.66. The van der Waals surface area contributed by atoms with Gasteiger partial charge in [-0.1, -0.05) is 5.92 Å².